The Bertz CT molecular complexity index is 1970. The summed E-state index contributed by atoms with van der Waals surface area (Å²) in [6, 6.07) is 11.0. The van der Waals surface area contributed by atoms with Crippen molar-refractivity contribution in [3.8, 4) is 34.0 Å². The van der Waals surface area contributed by atoms with Crippen LogP contribution in [0.2, 0.25) is 0 Å². The molecule has 2 aromatic heterocycles. The summed E-state index contributed by atoms with van der Waals surface area (Å²) in [7, 11) is 0. The molecule has 0 radical (unpaired) electrons. The van der Waals surface area contributed by atoms with Crippen LogP contribution in [0.5, 0.6) is 11.5 Å². The molecular formula is C34H27F7N4O5. The monoisotopic (exact) mass is 704 g/mol. The molecule has 0 spiro atoms. The van der Waals surface area contributed by atoms with Crippen LogP contribution in [0.3, 0.4) is 0 Å². The number of fused-ring (bicyclic) bond motifs is 1. The average molecular weight is 705 g/mol. The van der Waals surface area contributed by atoms with Crippen molar-refractivity contribution in [2.45, 2.75) is 49.2 Å². The molecule has 6 rings (SSSR count). The molecule has 0 bridgehead atoms. The SMILES string of the molecule is C[C@]1(C(N)=O)COc2c1cc([C@@](O)(CNC(=O)c1ccc(OC3CC3)c(-c3ccc(C(F)(F)F)cn3)c1)C(F)(F)F)nc2-c1ccc(F)cc1. The highest BCUT2D eigenvalue weighted by Crippen LogP contribution is 2.48. The summed E-state index contributed by atoms with van der Waals surface area (Å²) in [5.74, 6) is -2.58. The van der Waals surface area contributed by atoms with Gasteiger partial charge in [0.2, 0.25) is 11.5 Å². The number of hydrogen-bond donors (Lipinski definition) is 3. The maximum atomic E-state index is 14.8. The van der Waals surface area contributed by atoms with Gasteiger partial charge in [-0.15, -0.1) is 0 Å². The number of aliphatic hydroxyl groups is 1. The van der Waals surface area contributed by atoms with Crippen LogP contribution >= 0.6 is 0 Å². The van der Waals surface area contributed by atoms with Gasteiger partial charge in [0.25, 0.3) is 5.91 Å². The van der Waals surface area contributed by atoms with Crippen molar-refractivity contribution in [1.29, 1.82) is 0 Å². The van der Waals surface area contributed by atoms with Gasteiger partial charge in [0.05, 0.1) is 29.6 Å². The zero-order valence-electron chi connectivity index (χ0n) is 26.0. The Morgan fingerprint density at radius 3 is 2.32 bits per heavy atom. The molecule has 2 aliphatic rings. The lowest BCUT2D eigenvalue weighted by Crippen LogP contribution is -2.51. The molecule has 0 unspecified atom stereocenters. The highest BCUT2D eigenvalue weighted by atomic mass is 19.4. The summed E-state index contributed by atoms with van der Waals surface area (Å²) < 4.78 is 109. The van der Waals surface area contributed by atoms with Gasteiger partial charge in [-0.05, 0) is 80.4 Å². The number of carbonyl (C=O) groups excluding carboxylic acids is 2. The zero-order valence-corrected chi connectivity index (χ0v) is 26.0. The lowest BCUT2D eigenvalue weighted by molar-refractivity contribution is -0.265. The van der Waals surface area contributed by atoms with Gasteiger partial charge in [-0.3, -0.25) is 14.6 Å². The standard InChI is InChI=1S/C34H27F7N4O5/c1-31(30(42)47)16-49-28-23(31)13-26(45-27(28)17-2-6-20(35)7-3-17)32(48,34(39,40)41)15-44-29(46)18-4-11-25(50-21-8-9-21)22(12-18)24-10-5-19(14-43-24)33(36,37)38/h2-7,10-14,21,48H,8-9,15-16H2,1H3,(H2,42,47)(H,44,46)/t31-,32-/m0/s1. The Morgan fingerprint density at radius 1 is 1.04 bits per heavy atom. The Balaban J connectivity index is 1.36. The maximum absolute atomic E-state index is 14.8. The Morgan fingerprint density at radius 2 is 1.74 bits per heavy atom. The van der Waals surface area contributed by atoms with E-state index in [9.17, 15) is 45.4 Å². The van der Waals surface area contributed by atoms with E-state index in [1.807, 2.05) is 0 Å². The van der Waals surface area contributed by atoms with E-state index in [2.05, 4.69) is 15.3 Å². The van der Waals surface area contributed by atoms with Crippen LogP contribution in [0, 0.1) is 5.82 Å². The molecule has 9 nitrogen and oxygen atoms in total. The van der Waals surface area contributed by atoms with Gasteiger partial charge in [-0.25, -0.2) is 9.37 Å². The van der Waals surface area contributed by atoms with E-state index in [-0.39, 0.29) is 57.9 Å². The fourth-order valence-electron chi connectivity index (χ4n) is 5.31. The molecule has 4 N–H and O–H groups in total. The van der Waals surface area contributed by atoms with Crippen LogP contribution in [0.25, 0.3) is 22.5 Å². The van der Waals surface area contributed by atoms with Gasteiger partial charge >= 0.3 is 12.4 Å². The van der Waals surface area contributed by atoms with E-state index in [1.165, 1.54) is 37.3 Å². The van der Waals surface area contributed by atoms with Crippen molar-refractivity contribution in [1.82, 2.24) is 15.3 Å². The van der Waals surface area contributed by atoms with Crippen molar-refractivity contribution in [2.75, 3.05) is 13.2 Å². The van der Waals surface area contributed by atoms with Gasteiger partial charge in [-0.2, -0.15) is 26.3 Å². The van der Waals surface area contributed by atoms with Gasteiger partial charge in [0.15, 0.2) is 0 Å². The number of nitrogens with one attached hydrogen (secondary N) is 1. The van der Waals surface area contributed by atoms with Crippen molar-refractivity contribution in [3.05, 3.63) is 95.1 Å². The number of nitrogens with zero attached hydrogens (tertiary/aromatic N) is 2. The number of alkyl halides is 6. The summed E-state index contributed by atoms with van der Waals surface area (Å²) in [4.78, 5) is 33.7. The number of hydrogen-bond acceptors (Lipinski definition) is 7. The Labute approximate surface area is 279 Å². The largest absolute Gasteiger partial charge is 0.490 e. The maximum Gasteiger partial charge on any atom is 0.424 e. The number of ether oxygens (including phenoxy) is 2. The topological polar surface area (TPSA) is 137 Å². The number of pyridine rings is 2. The molecule has 16 heteroatoms. The molecule has 1 saturated carbocycles. The third-order valence-electron chi connectivity index (χ3n) is 8.56. The number of nitrogens with two attached hydrogens (primary N) is 1. The molecule has 2 aromatic carbocycles. The molecule has 2 atom stereocenters. The average Bonchev–Trinajstić information content (AvgIpc) is 3.82. The fraction of sp³-hybridized carbons (Fsp3) is 0.294. The normalized spacial score (nSPS) is 18.5. The van der Waals surface area contributed by atoms with Crippen LogP contribution in [0.1, 0.15) is 46.9 Å². The third-order valence-corrected chi connectivity index (χ3v) is 8.56. The van der Waals surface area contributed by atoms with Crippen molar-refractivity contribution < 1.29 is 54.9 Å². The molecular weight excluding hydrogens is 677 g/mol. The highest BCUT2D eigenvalue weighted by molar-refractivity contribution is 5.96. The lowest BCUT2D eigenvalue weighted by atomic mass is 9.81. The minimum Gasteiger partial charge on any atom is -0.490 e. The van der Waals surface area contributed by atoms with Gasteiger partial charge in [0.1, 0.15) is 35.0 Å². The van der Waals surface area contributed by atoms with Crippen molar-refractivity contribution in [2.24, 2.45) is 5.73 Å². The first-order valence-electron chi connectivity index (χ1n) is 15.1. The summed E-state index contributed by atoms with van der Waals surface area (Å²) in [6.07, 6.45) is -8.22. The molecule has 4 aromatic rings. The highest BCUT2D eigenvalue weighted by Gasteiger charge is 2.57. The quantitative estimate of drug-likeness (QED) is 0.187. The molecule has 262 valence electrons. The Hall–Kier alpha value is -5.25. The molecule has 0 saturated heterocycles. The molecule has 1 aliphatic heterocycles. The lowest BCUT2D eigenvalue weighted by Gasteiger charge is -2.31. The molecule has 50 heavy (non-hydrogen) atoms. The number of amides is 2. The van der Waals surface area contributed by atoms with E-state index in [0.29, 0.717) is 6.20 Å². The second-order valence-electron chi connectivity index (χ2n) is 12.2. The molecule has 2 amide bonds. The van der Waals surface area contributed by atoms with E-state index in [4.69, 9.17) is 15.2 Å². The number of halogens is 7. The first-order valence-corrected chi connectivity index (χ1v) is 15.1. The second-order valence-corrected chi connectivity index (χ2v) is 12.2. The summed E-state index contributed by atoms with van der Waals surface area (Å²) in [5, 5.41) is 13.4. The van der Waals surface area contributed by atoms with E-state index in [0.717, 1.165) is 43.2 Å². The number of primary amides is 1. The van der Waals surface area contributed by atoms with Crippen LogP contribution in [0.15, 0.2) is 66.9 Å². The fourth-order valence-corrected chi connectivity index (χ4v) is 5.31. The van der Waals surface area contributed by atoms with E-state index < -0.39 is 58.8 Å². The smallest absolute Gasteiger partial charge is 0.424 e. The Kier molecular flexibility index (Phi) is 8.49. The first kappa shape index (κ1) is 34.6. The van der Waals surface area contributed by atoms with E-state index >= 15 is 0 Å². The van der Waals surface area contributed by atoms with Crippen LogP contribution in [0.4, 0.5) is 30.7 Å². The predicted octanol–water partition coefficient (Wildman–Crippen LogP) is 5.83. The minimum absolute atomic E-state index is 0.00507. The zero-order chi connectivity index (χ0) is 36.2. The minimum atomic E-state index is -5.46. The summed E-state index contributed by atoms with van der Waals surface area (Å²) in [6.45, 7) is -0.478. The third kappa shape index (κ3) is 6.42. The number of aromatic nitrogens is 2. The summed E-state index contributed by atoms with van der Waals surface area (Å²) >= 11 is 0. The van der Waals surface area contributed by atoms with Crippen LogP contribution in [-0.4, -0.2) is 52.3 Å². The molecule has 1 aliphatic carbocycles. The molecule has 1 fully saturated rings. The van der Waals surface area contributed by atoms with Crippen LogP contribution in [-0.2, 0) is 22.0 Å². The molecule has 3 heterocycles. The number of rotatable bonds is 9. The van der Waals surface area contributed by atoms with Crippen molar-refractivity contribution in [3.63, 3.8) is 0 Å². The van der Waals surface area contributed by atoms with Gasteiger partial charge in [-0.1, -0.05) is 0 Å². The number of carbonyl (C=O) groups is 2. The second kappa shape index (κ2) is 12.3. The first-order chi connectivity index (χ1) is 23.4. The van der Waals surface area contributed by atoms with Crippen LogP contribution < -0.4 is 20.5 Å². The van der Waals surface area contributed by atoms with E-state index in [1.54, 1.807) is 0 Å². The predicted molar refractivity (Wildman–Crippen MR) is 162 cm³/mol. The number of benzene rings is 2. The van der Waals surface area contributed by atoms with Gasteiger partial charge in [0, 0.05) is 28.5 Å². The van der Waals surface area contributed by atoms with Gasteiger partial charge < -0.3 is 25.6 Å². The summed E-state index contributed by atoms with van der Waals surface area (Å²) in [5.41, 5.74) is -2.27. The van der Waals surface area contributed by atoms with Crippen molar-refractivity contribution >= 4 is 11.8 Å².